The fraction of sp³-hybridized carbons (Fsp3) is 0.269. The SMILES string of the molecule is Cc1ccc(-c2c(C#N)c(SCC(=O)NCc3ccccc3)nc3c2CCCC3)cc1. The van der Waals surface area contributed by atoms with Crippen molar-refractivity contribution < 1.29 is 4.79 Å². The molecule has 1 aliphatic carbocycles. The summed E-state index contributed by atoms with van der Waals surface area (Å²) in [7, 11) is 0. The molecule has 1 heterocycles. The zero-order chi connectivity index (χ0) is 21.6. The summed E-state index contributed by atoms with van der Waals surface area (Å²) in [5.41, 5.74) is 7.17. The molecule has 31 heavy (non-hydrogen) atoms. The number of nitrogens with one attached hydrogen (secondary N) is 1. The minimum atomic E-state index is -0.0610. The number of aryl methyl sites for hydroxylation is 2. The molecule has 1 aromatic heterocycles. The van der Waals surface area contributed by atoms with Crippen LogP contribution in [0.2, 0.25) is 0 Å². The number of nitrogens with zero attached hydrogens (tertiary/aromatic N) is 2. The molecule has 4 nitrogen and oxygen atoms in total. The van der Waals surface area contributed by atoms with Gasteiger partial charge in [-0.15, -0.1) is 0 Å². The van der Waals surface area contributed by atoms with E-state index in [0.717, 1.165) is 48.1 Å². The Morgan fingerprint density at radius 3 is 2.58 bits per heavy atom. The number of benzene rings is 2. The van der Waals surface area contributed by atoms with Crippen LogP contribution in [0.1, 0.15) is 40.8 Å². The third kappa shape index (κ3) is 4.98. The predicted molar refractivity (Wildman–Crippen MR) is 125 cm³/mol. The Hall–Kier alpha value is -3.10. The van der Waals surface area contributed by atoms with Gasteiger partial charge in [0.2, 0.25) is 5.91 Å². The van der Waals surface area contributed by atoms with Gasteiger partial charge < -0.3 is 5.32 Å². The topological polar surface area (TPSA) is 65.8 Å². The first kappa shape index (κ1) is 21.1. The third-order valence-corrected chi connectivity index (χ3v) is 6.54. The zero-order valence-electron chi connectivity index (χ0n) is 17.6. The molecule has 156 valence electrons. The molecule has 4 rings (SSSR count). The van der Waals surface area contributed by atoms with Crippen LogP contribution in [-0.4, -0.2) is 16.6 Å². The number of aromatic nitrogens is 1. The lowest BCUT2D eigenvalue weighted by atomic mass is 9.87. The van der Waals surface area contributed by atoms with E-state index in [9.17, 15) is 10.1 Å². The maximum atomic E-state index is 12.4. The van der Waals surface area contributed by atoms with Crippen LogP contribution < -0.4 is 5.32 Å². The molecule has 1 N–H and O–H groups in total. The Kier molecular flexibility index (Phi) is 6.69. The van der Waals surface area contributed by atoms with Crippen LogP contribution in [-0.2, 0) is 24.2 Å². The Bertz CT molecular complexity index is 1120. The Labute approximate surface area is 187 Å². The van der Waals surface area contributed by atoms with Crippen molar-refractivity contribution in [2.75, 3.05) is 5.75 Å². The van der Waals surface area contributed by atoms with E-state index >= 15 is 0 Å². The van der Waals surface area contributed by atoms with E-state index in [-0.39, 0.29) is 11.7 Å². The van der Waals surface area contributed by atoms with E-state index in [1.807, 2.05) is 30.3 Å². The molecule has 1 aliphatic rings. The van der Waals surface area contributed by atoms with Crippen LogP contribution in [0.4, 0.5) is 0 Å². The minimum Gasteiger partial charge on any atom is -0.351 e. The maximum Gasteiger partial charge on any atom is 0.230 e. The van der Waals surface area contributed by atoms with Crippen LogP contribution >= 0.6 is 11.8 Å². The fourth-order valence-electron chi connectivity index (χ4n) is 3.95. The van der Waals surface area contributed by atoms with Gasteiger partial charge in [0.15, 0.2) is 0 Å². The predicted octanol–water partition coefficient (Wildman–Crippen LogP) is 5.22. The van der Waals surface area contributed by atoms with Crippen LogP contribution in [0.15, 0.2) is 59.6 Å². The van der Waals surface area contributed by atoms with Crippen LogP contribution in [0.3, 0.4) is 0 Å². The van der Waals surface area contributed by atoms with Crippen LogP contribution in [0.25, 0.3) is 11.1 Å². The average molecular weight is 428 g/mol. The normalized spacial score (nSPS) is 12.6. The van der Waals surface area contributed by atoms with E-state index in [2.05, 4.69) is 42.6 Å². The second kappa shape index (κ2) is 9.80. The number of carbonyl (C=O) groups excluding carboxylic acids is 1. The monoisotopic (exact) mass is 427 g/mol. The molecular formula is C26H25N3OS. The molecule has 2 aromatic carbocycles. The highest BCUT2D eigenvalue weighted by Crippen LogP contribution is 2.37. The molecule has 0 saturated heterocycles. The van der Waals surface area contributed by atoms with Crippen LogP contribution in [0.5, 0.6) is 0 Å². The molecule has 0 unspecified atom stereocenters. The zero-order valence-corrected chi connectivity index (χ0v) is 18.5. The second-order valence-corrected chi connectivity index (χ2v) is 8.79. The summed E-state index contributed by atoms with van der Waals surface area (Å²) in [4.78, 5) is 17.3. The van der Waals surface area contributed by atoms with E-state index in [4.69, 9.17) is 4.98 Å². The van der Waals surface area contributed by atoms with Gasteiger partial charge in [-0.1, -0.05) is 71.9 Å². The largest absolute Gasteiger partial charge is 0.351 e. The number of nitriles is 1. The van der Waals surface area contributed by atoms with Gasteiger partial charge in [-0.3, -0.25) is 4.79 Å². The van der Waals surface area contributed by atoms with E-state index < -0.39 is 0 Å². The highest BCUT2D eigenvalue weighted by molar-refractivity contribution is 8.00. The van der Waals surface area contributed by atoms with Gasteiger partial charge in [-0.05, 0) is 49.3 Å². The quantitative estimate of drug-likeness (QED) is 0.548. The molecule has 0 spiro atoms. The smallest absolute Gasteiger partial charge is 0.230 e. The summed E-state index contributed by atoms with van der Waals surface area (Å²) in [6.45, 7) is 2.56. The highest BCUT2D eigenvalue weighted by atomic mass is 32.2. The summed E-state index contributed by atoms with van der Waals surface area (Å²) in [5.74, 6) is 0.176. The summed E-state index contributed by atoms with van der Waals surface area (Å²) >= 11 is 1.35. The van der Waals surface area contributed by atoms with Crippen molar-refractivity contribution in [2.24, 2.45) is 0 Å². The number of hydrogen-bond donors (Lipinski definition) is 1. The van der Waals surface area contributed by atoms with Crippen molar-refractivity contribution in [2.45, 2.75) is 44.2 Å². The van der Waals surface area contributed by atoms with Crippen molar-refractivity contribution in [3.8, 4) is 17.2 Å². The fourth-order valence-corrected chi connectivity index (χ4v) is 4.78. The Balaban J connectivity index is 1.59. The lowest BCUT2D eigenvalue weighted by Gasteiger charge is -2.22. The van der Waals surface area contributed by atoms with E-state index in [0.29, 0.717) is 17.1 Å². The average Bonchev–Trinajstić information content (AvgIpc) is 2.81. The Morgan fingerprint density at radius 1 is 1.10 bits per heavy atom. The molecule has 0 fully saturated rings. The number of amides is 1. The molecule has 0 bridgehead atoms. The molecule has 0 aliphatic heterocycles. The first-order valence-corrected chi connectivity index (χ1v) is 11.6. The number of hydrogen-bond acceptors (Lipinski definition) is 4. The molecule has 1 amide bonds. The number of thioether (sulfide) groups is 1. The minimum absolute atomic E-state index is 0.0610. The van der Waals surface area contributed by atoms with E-state index in [1.165, 1.54) is 22.9 Å². The number of fused-ring (bicyclic) bond motifs is 1. The highest BCUT2D eigenvalue weighted by Gasteiger charge is 2.23. The lowest BCUT2D eigenvalue weighted by molar-refractivity contribution is -0.118. The molecule has 0 atom stereocenters. The first-order chi connectivity index (χ1) is 15.2. The standard InChI is InChI=1S/C26H25N3OS/c1-18-11-13-20(14-12-18)25-21-9-5-6-10-23(21)29-26(22(25)15-27)31-17-24(30)28-16-19-7-3-2-4-8-19/h2-4,7-8,11-14H,5-6,9-10,16-17H2,1H3,(H,28,30). The van der Waals surface area contributed by atoms with Gasteiger partial charge in [-0.2, -0.15) is 5.26 Å². The van der Waals surface area contributed by atoms with Crippen molar-refractivity contribution in [1.29, 1.82) is 5.26 Å². The summed E-state index contributed by atoms with van der Waals surface area (Å²) in [6, 6.07) is 20.6. The van der Waals surface area contributed by atoms with Crippen molar-refractivity contribution in [1.82, 2.24) is 10.3 Å². The number of pyridine rings is 1. The molecular weight excluding hydrogens is 402 g/mol. The van der Waals surface area contributed by atoms with Crippen molar-refractivity contribution in [3.63, 3.8) is 0 Å². The lowest BCUT2D eigenvalue weighted by Crippen LogP contribution is -2.24. The van der Waals surface area contributed by atoms with Gasteiger partial charge >= 0.3 is 0 Å². The Morgan fingerprint density at radius 2 is 1.84 bits per heavy atom. The van der Waals surface area contributed by atoms with Gasteiger partial charge in [-0.25, -0.2) is 4.98 Å². The summed E-state index contributed by atoms with van der Waals surface area (Å²) < 4.78 is 0. The van der Waals surface area contributed by atoms with E-state index in [1.54, 1.807) is 0 Å². The number of carbonyl (C=O) groups is 1. The summed E-state index contributed by atoms with van der Waals surface area (Å²) in [5, 5.41) is 13.6. The van der Waals surface area contributed by atoms with Gasteiger partial charge in [0.25, 0.3) is 0 Å². The third-order valence-electron chi connectivity index (χ3n) is 5.57. The first-order valence-electron chi connectivity index (χ1n) is 10.6. The summed E-state index contributed by atoms with van der Waals surface area (Å²) in [6.07, 6.45) is 4.10. The molecule has 0 saturated carbocycles. The molecule has 5 heteroatoms. The van der Waals surface area contributed by atoms with Crippen LogP contribution in [0, 0.1) is 18.3 Å². The molecule has 0 radical (unpaired) electrons. The molecule has 3 aromatic rings. The maximum absolute atomic E-state index is 12.4. The van der Waals surface area contributed by atoms with Crippen molar-refractivity contribution >= 4 is 17.7 Å². The number of rotatable bonds is 6. The van der Waals surface area contributed by atoms with Gasteiger partial charge in [0, 0.05) is 17.8 Å². The van der Waals surface area contributed by atoms with Gasteiger partial charge in [0.05, 0.1) is 11.3 Å². The van der Waals surface area contributed by atoms with Gasteiger partial charge in [0.1, 0.15) is 11.1 Å². The van der Waals surface area contributed by atoms with Crippen molar-refractivity contribution in [3.05, 3.63) is 82.5 Å². The second-order valence-electron chi connectivity index (χ2n) is 7.83.